The van der Waals surface area contributed by atoms with Gasteiger partial charge in [0, 0.05) is 23.9 Å². The average molecular weight is 782 g/mol. The predicted molar refractivity (Wildman–Crippen MR) is 206 cm³/mol. The molecule has 14 nitrogen and oxygen atoms in total. The summed E-state index contributed by atoms with van der Waals surface area (Å²) >= 11 is 0. The lowest BCUT2D eigenvalue weighted by atomic mass is 9.88. The Hall–Kier alpha value is -4.40. The van der Waals surface area contributed by atoms with Crippen LogP contribution in [-0.2, 0) is 29.1 Å². The molecule has 1 aromatic carbocycles. The molecule has 0 unspecified atom stereocenters. The topological polar surface area (TPSA) is 182 Å². The monoisotopic (exact) mass is 781 g/mol. The number of benzene rings is 1. The van der Waals surface area contributed by atoms with Crippen molar-refractivity contribution < 1.29 is 41.8 Å². The maximum absolute atomic E-state index is 14.7. The van der Waals surface area contributed by atoms with Crippen LogP contribution in [0.15, 0.2) is 42.6 Å². The number of hydrogen-bond donors (Lipinski definition) is 3. The molecule has 55 heavy (non-hydrogen) atoms. The minimum absolute atomic E-state index is 0.0154. The van der Waals surface area contributed by atoms with Gasteiger partial charge in [0.05, 0.1) is 23.5 Å². The molecular formula is C40H55N5O9S. The van der Waals surface area contributed by atoms with Crippen LogP contribution in [0.4, 0.5) is 4.79 Å². The third-order valence-electron chi connectivity index (χ3n) is 11.2. The second-order valence-corrected chi connectivity index (χ2v) is 18.9. The number of amides is 4. The van der Waals surface area contributed by atoms with Crippen molar-refractivity contribution in [3.05, 3.63) is 42.6 Å². The van der Waals surface area contributed by atoms with Gasteiger partial charge in [-0.05, 0) is 115 Å². The molecule has 1 saturated heterocycles. The van der Waals surface area contributed by atoms with Gasteiger partial charge in [-0.2, -0.15) is 0 Å². The Morgan fingerprint density at radius 3 is 2.49 bits per heavy atom. The lowest BCUT2D eigenvalue weighted by Crippen LogP contribution is -2.59. The molecule has 7 atom stereocenters. The number of nitrogens with one attached hydrogen (secondary N) is 3. The third-order valence-corrected chi connectivity index (χ3v) is 13.4. The standard InChI is InChI=1S/C40H55N5O9S/c1-23(2)52-29-12-13-31-27(19-29)14-17-41-35(31)54-30-20-32-34(46)43-40(37(48)44-55(50,51)39(7)15-16-39)21-28(40)11-9-8-10-25(5)18-26(6)33(36(47)45(32)22-30)42-38(49)53-24(3)4/h9,11-14,17,19,23-26,28,30,32-33H,8,10,15-16,18,20-22H2,1-7H3,(H,42,49)(H,43,46)(H,44,48)/b11-9-/t25-,26-,28-,30-,32+,33+,40-/m1/s1. The molecule has 4 aliphatic rings. The maximum Gasteiger partial charge on any atom is 0.408 e. The first-order valence-corrected chi connectivity index (χ1v) is 20.9. The molecule has 2 aliphatic heterocycles. The fourth-order valence-corrected chi connectivity index (χ4v) is 9.01. The summed E-state index contributed by atoms with van der Waals surface area (Å²) in [5.41, 5.74) is -1.52. The predicted octanol–water partition coefficient (Wildman–Crippen LogP) is 4.76. The summed E-state index contributed by atoms with van der Waals surface area (Å²) in [5.74, 6) is -1.52. The van der Waals surface area contributed by atoms with Gasteiger partial charge in [-0.3, -0.25) is 19.1 Å². The number of carbonyl (C=O) groups excluding carboxylic acids is 4. The van der Waals surface area contributed by atoms with E-state index in [0.717, 1.165) is 11.8 Å². The van der Waals surface area contributed by atoms with Crippen LogP contribution >= 0.6 is 0 Å². The number of aromatic nitrogens is 1. The van der Waals surface area contributed by atoms with Gasteiger partial charge in [0.25, 0.3) is 5.91 Å². The Morgan fingerprint density at radius 1 is 1.05 bits per heavy atom. The van der Waals surface area contributed by atoms with Crippen molar-refractivity contribution in [2.75, 3.05) is 6.54 Å². The molecule has 4 amide bonds. The lowest BCUT2D eigenvalue weighted by Gasteiger charge is -2.33. The molecule has 0 radical (unpaired) electrons. The molecule has 15 heteroatoms. The zero-order valence-corrected chi connectivity index (χ0v) is 33.6. The van der Waals surface area contributed by atoms with Gasteiger partial charge >= 0.3 is 6.09 Å². The van der Waals surface area contributed by atoms with E-state index in [-0.39, 0.29) is 37.3 Å². The van der Waals surface area contributed by atoms with Gasteiger partial charge in [0.2, 0.25) is 27.7 Å². The smallest absolute Gasteiger partial charge is 0.408 e. The Morgan fingerprint density at radius 2 is 1.80 bits per heavy atom. The molecule has 3 heterocycles. The quantitative estimate of drug-likeness (QED) is 0.300. The molecule has 0 bridgehead atoms. The average Bonchev–Trinajstić information content (AvgIpc) is 3.98. The number of fused-ring (bicyclic) bond motifs is 3. The molecule has 2 aromatic rings. The van der Waals surface area contributed by atoms with Crippen LogP contribution in [0, 0.1) is 17.8 Å². The molecule has 1 aromatic heterocycles. The van der Waals surface area contributed by atoms with Crippen molar-refractivity contribution in [1.82, 2.24) is 25.2 Å². The van der Waals surface area contributed by atoms with Gasteiger partial charge in [-0.25, -0.2) is 18.2 Å². The van der Waals surface area contributed by atoms with Crippen LogP contribution in [-0.4, -0.2) is 89.3 Å². The fraction of sp³-hybridized carbons (Fsp3) is 0.625. The minimum Gasteiger partial charge on any atom is -0.491 e. The Kier molecular flexibility index (Phi) is 11.4. The SMILES string of the molecule is CC(C)OC(=O)N[C@@H]1C(=O)N2C[C@H](Oc3nccc4cc(OC(C)C)ccc34)C[C@H]2C(=O)N[C@]2(C(=O)NS(=O)(=O)C3(C)CC3)C[C@H]2/C=C\CC[C@@H](C)C[C@H]1C. The first-order chi connectivity index (χ1) is 25.9. The van der Waals surface area contributed by atoms with Crippen molar-refractivity contribution in [2.45, 2.75) is 134 Å². The van der Waals surface area contributed by atoms with E-state index in [1.807, 2.05) is 57.2 Å². The molecule has 3 N–H and O–H groups in total. The lowest BCUT2D eigenvalue weighted by molar-refractivity contribution is -0.142. The van der Waals surface area contributed by atoms with Gasteiger partial charge in [-0.15, -0.1) is 0 Å². The van der Waals surface area contributed by atoms with Gasteiger partial charge in [-0.1, -0.05) is 26.0 Å². The van der Waals surface area contributed by atoms with Crippen molar-refractivity contribution in [3.8, 4) is 11.6 Å². The molecular weight excluding hydrogens is 727 g/mol. The summed E-state index contributed by atoms with van der Waals surface area (Å²) in [6.45, 7) is 12.9. The van der Waals surface area contributed by atoms with Crippen LogP contribution in [0.2, 0.25) is 0 Å². The van der Waals surface area contributed by atoms with E-state index in [2.05, 4.69) is 27.3 Å². The summed E-state index contributed by atoms with van der Waals surface area (Å²) in [5, 5.41) is 7.24. The van der Waals surface area contributed by atoms with E-state index in [4.69, 9.17) is 14.2 Å². The van der Waals surface area contributed by atoms with E-state index < -0.39 is 74.3 Å². The maximum atomic E-state index is 14.7. The van der Waals surface area contributed by atoms with Crippen LogP contribution in [0.1, 0.15) is 93.4 Å². The number of rotatable bonds is 9. The molecule has 0 spiro atoms. The Labute approximate surface area is 323 Å². The van der Waals surface area contributed by atoms with Gasteiger partial charge in [0.15, 0.2) is 0 Å². The summed E-state index contributed by atoms with van der Waals surface area (Å²) < 4.78 is 45.3. The number of carbonyl (C=O) groups is 4. The molecule has 2 aliphatic carbocycles. The van der Waals surface area contributed by atoms with E-state index in [9.17, 15) is 27.6 Å². The highest BCUT2D eigenvalue weighted by atomic mass is 32.2. The van der Waals surface area contributed by atoms with Crippen LogP contribution in [0.3, 0.4) is 0 Å². The van der Waals surface area contributed by atoms with Crippen LogP contribution < -0.4 is 24.8 Å². The third kappa shape index (κ3) is 8.86. The number of ether oxygens (including phenoxy) is 3. The van der Waals surface area contributed by atoms with Crippen LogP contribution in [0.25, 0.3) is 10.8 Å². The molecule has 300 valence electrons. The Balaban J connectivity index is 1.34. The number of sulfonamides is 1. The number of pyridine rings is 1. The van der Waals surface area contributed by atoms with E-state index in [1.165, 1.54) is 4.90 Å². The summed E-state index contributed by atoms with van der Waals surface area (Å²) in [6.07, 6.45) is 6.75. The number of alkyl carbamates (subject to hydrolysis) is 1. The van der Waals surface area contributed by atoms with E-state index in [1.54, 1.807) is 27.0 Å². The van der Waals surface area contributed by atoms with Crippen LogP contribution in [0.5, 0.6) is 11.6 Å². The second-order valence-electron chi connectivity index (χ2n) is 16.7. The molecule has 2 saturated carbocycles. The highest BCUT2D eigenvalue weighted by molar-refractivity contribution is 7.91. The van der Waals surface area contributed by atoms with Crippen molar-refractivity contribution in [1.29, 1.82) is 0 Å². The zero-order valence-electron chi connectivity index (χ0n) is 32.8. The van der Waals surface area contributed by atoms with E-state index in [0.29, 0.717) is 42.7 Å². The van der Waals surface area contributed by atoms with Crippen molar-refractivity contribution >= 4 is 44.6 Å². The Bertz CT molecular complexity index is 1950. The summed E-state index contributed by atoms with van der Waals surface area (Å²) in [4.78, 5) is 62.0. The molecule has 6 rings (SSSR count). The van der Waals surface area contributed by atoms with Gasteiger partial charge in [0.1, 0.15) is 29.5 Å². The largest absolute Gasteiger partial charge is 0.491 e. The van der Waals surface area contributed by atoms with E-state index >= 15 is 0 Å². The second kappa shape index (κ2) is 15.6. The highest BCUT2D eigenvalue weighted by Crippen LogP contribution is 2.47. The summed E-state index contributed by atoms with van der Waals surface area (Å²) in [6, 6.07) is 5.26. The zero-order chi connectivity index (χ0) is 39.9. The normalized spacial score (nSPS) is 29.9. The van der Waals surface area contributed by atoms with Crippen molar-refractivity contribution in [3.63, 3.8) is 0 Å². The number of hydrogen-bond acceptors (Lipinski definition) is 10. The minimum atomic E-state index is -3.99. The fourth-order valence-electron chi connectivity index (χ4n) is 7.70. The molecule has 3 fully saturated rings. The first-order valence-electron chi connectivity index (χ1n) is 19.5. The van der Waals surface area contributed by atoms with Gasteiger partial charge < -0.3 is 29.7 Å². The highest BCUT2D eigenvalue weighted by Gasteiger charge is 2.63. The first kappa shape index (κ1) is 40.3. The number of nitrogens with zero attached hydrogens (tertiary/aromatic N) is 2. The van der Waals surface area contributed by atoms with Crippen molar-refractivity contribution in [2.24, 2.45) is 17.8 Å². The summed E-state index contributed by atoms with van der Waals surface area (Å²) in [7, 11) is -3.99. The number of allylic oxidation sites excluding steroid dienone is 1.